The minimum atomic E-state index is -0.468. The predicted molar refractivity (Wildman–Crippen MR) is 87.6 cm³/mol. The number of ether oxygens (including phenoxy) is 1. The van der Waals surface area contributed by atoms with Crippen LogP contribution in [0.15, 0.2) is 51.6 Å². The maximum absolute atomic E-state index is 13.8. The zero-order valence-electron chi connectivity index (χ0n) is 13.9. The number of rotatable bonds is 6. The molecule has 0 aliphatic heterocycles. The highest BCUT2D eigenvalue weighted by Gasteiger charge is 2.20. The lowest BCUT2D eigenvalue weighted by Crippen LogP contribution is -2.30. The van der Waals surface area contributed by atoms with Gasteiger partial charge in [-0.2, -0.15) is 0 Å². The van der Waals surface area contributed by atoms with Gasteiger partial charge in [-0.15, -0.1) is 0 Å². The number of amides is 1. The van der Waals surface area contributed by atoms with Gasteiger partial charge in [0.05, 0.1) is 13.4 Å². The molecule has 130 valence electrons. The number of benzene rings is 1. The van der Waals surface area contributed by atoms with Gasteiger partial charge in [-0.25, -0.2) is 4.39 Å². The summed E-state index contributed by atoms with van der Waals surface area (Å²) in [5.41, 5.74) is 0.825. The van der Waals surface area contributed by atoms with Gasteiger partial charge in [0, 0.05) is 19.2 Å². The van der Waals surface area contributed by atoms with Crippen molar-refractivity contribution in [1.29, 1.82) is 0 Å². The van der Waals surface area contributed by atoms with Crippen LogP contribution in [0.4, 0.5) is 4.39 Å². The molecule has 3 rings (SSSR count). The second-order valence-corrected chi connectivity index (χ2v) is 5.34. The summed E-state index contributed by atoms with van der Waals surface area (Å²) in [7, 11) is 1.40. The van der Waals surface area contributed by atoms with Crippen molar-refractivity contribution in [2.45, 2.75) is 13.5 Å². The van der Waals surface area contributed by atoms with E-state index in [1.54, 1.807) is 23.1 Å². The minimum absolute atomic E-state index is 0.165. The number of hydrogen-bond donors (Lipinski definition) is 0. The van der Waals surface area contributed by atoms with E-state index >= 15 is 0 Å². The number of hydrogen-bond acceptors (Lipinski definition) is 5. The third kappa shape index (κ3) is 3.55. The van der Waals surface area contributed by atoms with Gasteiger partial charge in [0.1, 0.15) is 0 Å². The zero-order valence-corrected chi connectivity index (χ0v) is 13.9. The van der Waals surface area contributed by atoms with Crippen molar-refractivity contribution in [2.75, 3.05) is 13.7 Å². The summed E-state index contributed by atoms with van der Waals surface area (Å²) in [6.07, 6.45) is 1.51. The van der Waals surface area contributed by atoms with Gasteiger partial charge in [0.25, 0.3) is 5.91 Å². The van der Waals surface area contributed by atoms with Crippen molar-refractivity contribution < 1.29 is 22.9 Å². The van der Waals surface area contributed by atoms with Crippen LogP contribution in [0.1, 0.15) is 23.0 Å². The van der Waals surface area contributed by atoms with Crippen LogP contribution < -0.4 is 4.74 Å². The first kappa shape index (κ1) is 16.8. The van der Waals surface area contributed by atoms with Crippen molar-refractivity contribution in [3.8, 4) is 17.3 Å². The summed E-state index contributed by atoms with van der Waals surface area (Å²) in [6, 6.07) is 9.57. The zero-order chi connectivity index (χ0) is 17.8. The standard InChI is InChI=1S/C18H17FN2O4/c1-3-21(11-12-6-7-15(23-2)13(19)9-12)18(22)14-10-17(25-20-14)16-5-4-8-24-16/h4-10H,3,11H2,1-2H3. The lowest BCUT2D eigenvalue weighted by atomic mass is 10.2. The molecule has 0 aliphatic carbocycles. The Bertz CT molecular complexity index is 858. The molecule has 0 fully saturated rings. The van der Waals surface area contributed by atoms with Gasteiger partial charge >= 0.3 is 0 Å². The Hall–Kier alpha value is -3.09. The fourth-order valence-electron chi connectivity index (χ4n) is 2.43. The number of carbonyl (C=O) groups is 1. The quantitative estimate of drug-likeness (QED) is 0.681. The van der Waals surface area contributed by atoms with Crippen LogP contribution in [0.2, 0.25) is 0 Å². The maximum Gasteiger partial charge on any atom is 0.276 e. The molecule has 3 aromatic rings. The molecule has 0 aliphatic rings. The van der Waals surface area contributed by atoms with Gasteiger partial charge in [-0.3, -0.25) is 4.79 Å². The van der Waals surface area contributed by atoms with Crippen LogP contribution in [0.5, 0.6) is 5.75 Å². The Kier molecular flexibility index (Phi) is 4.83. The molecule has 0 unspecified atom stereocenters. The van der Waals surface area contributed by atoms with E-state index in [1.165, 1.54) is 31.6 Å². The molecule has 0 saturated heterocycles. The molecule has 6 nitrogen and oxygen atoms in total. The lowest BCUT2D eigenvalue weighted by molar-refractivity contribution is 0.0742. The lowest BCUT2D eigenvalue weighted by Gasteiger charge is -2.19. The normalized spacial score (nSPS) is 10.7. The van der Waals surface area contributed by atoms with E-state index in [1.807, 2.05) is 6.92 Å². The minimum Gasteiger partial charge on any atom is -0.494 e. The van der Waals surface area contributed by atoms with E-state index in [2.05, 4.69) is 5.16 Å². The first-order valence-corrected chi connectivity index (χ1v) is 7.74. The summed E-state index contributed by atoms with van der Waals surface area (Å²) in [5.74, 6) is 0.259. The fourth-order valence-corrected chi connectivity index (χ4v) is 2.43. The van der Waals surface area contributed by atoms with E-state index < -0.39 is 5.82 Å². The smallest absolute Gasteiger partial charge is 0.276 e. The van der Waals surface area contributed by atoms with Crippen LogP contribution in [0, 0.1) is 5.82 Å². The predicted octanol–water partition coefficient (Wildman–Crippen LogP) is 3.74. The Labute approximate surface area is 143 Å². The van der Waals surface area contributed by atoms with Crippen LogP contribution in [0.3, 0.4) is 0 Å². The molecule has 1 aromatic carbocycles. The highest BCUT2D eigenvalue weighted by Crippen LogP contribution is 2.22. The average molecular weight is 344 g/mol. The molecule has 0 N–H and O–H groups in total. The van der Waals surface area contributed by atoms with Crippen LogP contribution in [0.25, 0.3) is 11.5 Å². The van der Waals surface area contributed by atoms with Crippen molar-refractivity contribution in [3.05, 3.63) is 59.7 Å². The molecule has 0 atom stereocenters. The topological polar surface area (TPSA) is 68.7 Å². The van der Waals surface area contributed by atoms with Gasteiger partial charge in [-0.05, 0) is 36.8 Å². The van der Waals surface area contributed by atoms with Gasteiger partial charge in [-0.1, -0.05) is 11.2 Å². The van der Waals surface area contributed by atoms with E-state index in [9.17, 15) is 9.18 Å². The summed E-state index contributed by atoms with van der Waals surface area (Å²) in [4.78, 5) is 14.2. The first-order valence-electron chi connectivity index (χ1n) is 7.74. The Morgan fingerprint density at radius 2 is 2.12 bits per heavy atom. The molecule has 0 spiro atoms. The molecular weight excluding hydrogens is 327 g/mol. The van der Waals surface area contributed by atoms with E-state index in [0.717, 1.165) is 0 Å². The largest absolute Gasteiger partial charge is 0.494 e. The highest BCUT2D eigenvalue weighted by molar-refractivity contribution is 5.93. The summed E-state index contributed by atoms with van der Waals surface area (Å²) in [6.45, 7) is 2.53. The Morgan fingerprint density at radius 3 is 2.76 bits per heavy atom. The SMILES string of the molecule is CCN(Cc1ccc(OC)c(F)c1)C(=O)c1cc(-c2ccco2)on1. The van der Waals surface area contributed by atoms with Crippen LogP contribution in [-0.2, 0) is 6.54 Å². The average Bonchev–Trinajstić information content (AvgIpc) is 3.30. The molecule has 25 heavy (non-hydrogen) atoms. The molecule has 7 heteroatoms. The molecule has 0 bridgehead atoms. The monoisotopic (exact) mass is 344 g/mol. The van der Waals surface area contributed by atoms with Crippen molar-refractivity contribution in [3.63, 3.8) is 0 Å². The van der Waals surface area contributed by atoms with Gasteiger partial charge in [0.2, 0.25) is 5.76 Å². The number of furan rings is 1. The summed E-state index contributed by atoms with van der Waals surface area (Å²) >= 11 is 0. The number of methoxy groups -OCH3 is 1. The second-order valence-electron chi connectivity index (χ2n) is 5.34. The Balaban J connectivity index is 1.76. The fraction of sp³-hybridized carbons (Fsp3) is 0.222. The number of halogens is 1. The van der Waals surface area contributed by atoms with Gasteiger partial charge in [0.15, 0.2) is 23.0 Å². The van der Waals surface area contributed by atoms with Crippen molar-refractivity contribution in [2.24, 2.45) is 0 Å². The number of nitrogens with zero attached hydrogens (tertiary/aromatic N) is 2. The van der Waals surface area contributed by atoms with Crippen molar-refractivity contribution >= 4 is 5.91 Å². The summed E-state index contributed by atoms with van der Waals surface area (Å²) in [5, 5.41) is 3.81. The summed E-state index contributed by atoms with van der Waals surface area (Å²) < 4.78 is 29.1. The Morgan fingerprint density at radius 1 is 1.28 bits per heavy atom. The molecular formula is C18H17FN2O4. The van der Waals surface area contributed by atoms with E-state index in [0.29, 0.717) is 23.6 Å². The van der Waals surface area contributed by atoms with E-state index in [4.69, 9.17) is 13.7 Å². The third-order valence-corrected chi connectivity index (χ3v) is 3.75. The molecule has 2 heterocycles. The third-order valence-electron chi connectivity index (χ3n) is 3.75. The first-order chi connectivity index (χ1) is 12.1. The molecule has 1 amide bonds. The maximum atomic E-state index is 13.8. The molecule has 0 saturated carbocycles. The van der Waals surface area contributed by atoms with E-state index in [-0.39, 0.29) is 23.9 Å². The van der Waals surface area contributed by atoms with Crippen LogP contribution >= 0.6 is 0 Å². The number of carbonyl (C=O) groups excluding carboxylic acids is 1. The highest BCUT2D eigenvalue weighted by atomic mass is 19.1. The second kappa shape index (κ2) is 7.21. The molecule has 2 aromatic heterocycles. The molecule has 0 radical (unpaired) electrons. The van der Waals surface area contributed by atoms with Gasteiger partial charge < -0.3 is 18.6 Å². The van der Waals surface area contributed by atoms with Crippen LogP contribution in [-0.4, -0.2) is 29.6 Å². The van der Waals surface area contributed by atoms with Crippen molar-refractivity contribution in [1.82, 2.24) is 10.1 Å². The number of aromatic nitrogens is 1.